The van der Waals surface area contributed by atoms with Crippen molar-refractivity contribution in [3.63, 3.8) is 0 Å². The number of nitrogen functional groups attached to an aromatic ring is 1. The van der Waals surface area contributed by atoms with Gasteiger partial charge in [-0.25, -0.2) is 4.98 Å². The molecule has 2 N–H and O–H groups in total. The molecule has 0 spiro atoms. The van der Waals surface area contributed by atoms with Crippen molar-refractivity contribution in [2.24, 2.45) is 0 Å². The van der Waals surface area contributed by atoms with Crippen molar-refractivity contribution in [1.82, 2.24) is 9.38 Å². The highest BCUT2D eigenvalue weighted by molar-refractivity contribution is 5.64. The van der Waals surface area contributed by atoms with Gasteiger partial charge in [0.2, 0.25) is 0 Å². The highest BCUT2D eigenvalue weighted by Crippen LogP contribution is 2.15. The lowest BCUT2D eigenvalue weighted by Gasteiger charge is -1.93. The molecule has 0 aliphatic rings. The number of anilines is 1. The second kappa shape index (κ2) is 2.94. The highest BCUT2D eigenvalue weighted by atomic mass is 15.1. The first kappa shape index (κ1) is 7.86. The zero-order chi connectivity index (χ0) is 9.26. The number of pyridine rings is 1. The van der Waals surface area contributed by atoms with Crippen molar-refractivity contribution < 1.29 is 0 Å². The van der Waals surface area contributed by atoms with Crippen LogP contribution in [0.3, 0.4) is 0 Å². The van der Waals surface area contributed by atoms with Crippen molar-refractivity contribution in [2.75, 3.05) is 5.73 Å². The van der Waals surface area contributed by atoms with Crippen molar-refractivity contribution in [2.45, 2.75) is 6.92 Å². The largest absolute Gasteiger partial charge is 0.383 e. The summed E-state index contributed by atoms with van der Waals surface area (Å²) in [6.07, 6.45) is 5.74. The van der Waals surface area contributed by atoms with Gasteiger partial charge in [-0.05, 0) is 25.1 Å². The molecule has 0 saturated heterocycles. The molecule has 2 rings (SSSR count). The summed E-state index contributed by atoms with van der Waals surface area (Å²) >= 11 is 0. The number of hydrogen-bond donors (Lipinski definition) is 1. The summed E-state index contributed by atoms with van der Waals surface area (Å²) in [7, 11) is 0. The predicted octanol–water partition coefficient (Wildman–Crippen LogP) is 1.95. The van der Waals surface area contributed by atoms with Crippen LogP contribution in [0.15, 0.2) is 30.5 Å². The molecule has 66 valence electrons. The van der Waals surface area contributed by atoms with Gasteiger partial charge in [0.15, 0.2) is 0 Å². The molecule has 13 heavy (non-hydrogen) atoms. The number of hydrogen-bond acceptors (Lipinski definition) is 2. The van der Waals surface area contributed by atoms with E-state index in [-0.39, 0.29) is 0 Å². The normalized spacial score (nSPS) is 11.5. The predicted molar refractivity (Wildman–Crippen MR) is 54.3 cm³/mol. The van der Waals surface area contributed by atoms with Crippen molar-refractivity contribution in [1.29, 1.82) is 0 Å². The zero-order valence-electron chi connectivity index (χ0n) is 7.44. The average molecular weight is 173 g/mol. The van der Waals surface area contributed by atoms with E-state index in [2.05, 4.69) is 4.98 Å². The Morgan fingerprint density at radius 1 is 1.46 bits per heavy atom. The van der Waals surface area contributed by atoms with Gasteiger partial charge in [0.1, 0.15) is 17.2 Å². The molecule has 0 amide bonds. The molecule has 0 unspecified atom stereocenters. The van der Waals surface area contributed by atoms with Crippen LogP contribution in [0, 0.1) is 0 Å². The van der Waals surface area contributed by atoms with E-state index in [9.17, 15) is 0 Å². The molecule has 2 aromatic heterocycles. The molecule has 0 aromatic carbocycles. The van der Waals surface area contributed by atoms with E-state index < -0.39 is 0 Å². The molecule has 3 heteroatoms. The summed E-state index contributed by atoms with van der Waals surface area (Å²) in [4.78, 5) is 4.35. The minimum atomic E-state index is 0.689. The minimum Gasteiger partial charge on any atom is -0.383 e. The van der Waals surface area contributed by atoms with E-state index in [1.807, 2.05) is 47.9 Å². The van der Waals surface area contributed by atoms with E-state index in [1.165, 1.54) is 0 Å². The molecule has 3 nitrogen and oxygen atoms in total. The molecular formula is C10H11N3. The highest BCUT2D eigenvalue weighted by Gasteiger charge is 2.03. The van der Waals surface area contributed by atoms with Crippen LogP contribution in [0.1, 0.15) is 12.6 Å². The summed E-state index contributed by atoms with van der Waals surface area (Å²) in [5, 5.41) is 0. The summed E-state index contributed by atoms with van der Waals surface area (Å²) in [5.74, 6) is 0.689. The number of allylic oxidation sites excluding steroid dienone is 1. The van der Waals surface area contributed by atoms with Gasteiger partial charge in [-0.1, -0.05) is 12.1 Å². The molecule has 0 atom stereocenters. The van der Waals surface area contributed by atoms with E-state index in [0.717, 1.165) is 11.3 Å². The third-order valence-electron chi connectivity index (χ3n) is 1.92. The SMILES string of the molecule is C/C=C/c1nc2ccccn2c1N. The van der Waals surface area contributed by atoms with E-state index in [4.69, 9.17) is 5.73 Å². The fraction of sp³-hybridized carbons (Fsp3) is 0.100. The summed E-state index contributed by atoms with van der Waals surface area (Å²) in [6, 6.07) is 5.81. The van der Waals surface area contributed by atoms with Crippen LogP contribution in [0.4, 0.5) is 5.82 Å². The number of aromatic nitrogens is 2. The van der Waals surface area contributed by atoms with Crippen LogP contribution in [-0.2, 0) is 0 Å². The fourth-order valence-electron chi connectivity index (χ4n) is 1.31. The number of imidazole rings is 1. The molecule has 2 heterocycles. The Bertz CT molecular complexity index is 454. The first-order valence-corrected chi connectivity index (χ1v) is 4.18. The molecular weight excluding hydrogens is 162 g/mol. The van der Waals surface area contributed by atoms with Crippen LogP contribution < -0.4 is 5.73 Å². The second-order valence-corrected chi connectivity index (χ2v) is 2.81. The number of fused-ring (bicyclic) bond motifs is 1. The summed E-state index contributed by atoms with van der Waals surface area (Å²) < 4.78 is 1.87. The van der Waals surface area contributed by atoms with Crippen LogP contribution in [0.2, 0.25) is 0 Å². The Hall–Kier alpha value is -1.77. The number of nitrogens with two attached hydrogens (primary N) is 1. The maximum Gasteiger partial charge on any atom is 0.139 e. The van der Waals surface area contributed by atoms with Gasteiger partial charge in [0, 0.05) is 6.20 Å². The first-order valence-electron chi connectivity index (χ1n) is 4.18. The van der Waals surface area contributed by atoms with Gasteiger partial charge in [-0.15, -0.1) is 0 Å². The molecule has 0 aliphatic carbocycles. The lowest BCUT2D eigenvalue weighted by molar-refractivity contribution is 1.20. The van der Waals surface area contributed by atoms with Crippen molar-refractivity contribution in [3.8, 4) is 0 Å². The smallest absolute Gasteiger partial charge is 0.139 e. The number of rotatable bonds is 1. The van der Waals surface area contributed by atoms with Crippen LogP contribution in [-0.4, -0.2) is 9.38 Å². The van der Waals surface area contributed by atoms with Crippen LogP contribution >= 0.6 is 0 Å². The number of nitrogens with zero attached hydrogens (tertiary/aromatic N) is 2. The van der Waals surface area contributed by atoms with Gasteiger partial charge >= 0.3 is 0 Å². The van der Waals surface area contributed by atoms with Crippen LogP contribution in [0.5, 0.6) is 0 Å². The van der Waals surface area contributed by atoms with Crippen molar-refractivity contribution >= 4 is 17.5 Å². The van der Waals surface area contributed by atoms with E-state index in [1.54, 1.807) is 0 Å². The summed E-state index contributed by atoms with van der Waals surface area (Å²) in [6.45, 7) is 1.95. The van der Waals surface area contributed by atoms with Gasteiger partial charge < -0.3 is 5.73 Å². The Labute approximate surface area is 76.5 Å². The van der Waals surface area contributed by atoms with Gasteiger partial charge in [-0.3, -0.25) is 4.40 Å². The Morgan fingerprint density at radius 2 is 2.31 bits per heavy atom. The van der Waals surface area contributed by atoms with Crippen molar-refractivity contribution in [3.05, 3.63) is 36.2 Å². The van der Waals surface area contributed by atoms with E-state index >= 15 is 0 Å². The molecule has 0 bridgehead atoms. The topological polar surface area (TPSA) is 43.3 Å². The molecule has 2 aromatic rings. The molecule has 0 saturated carbocycles. The van der Waals surface area contributed by atoms with E-state index in [0.29, 0.717) is 5.82 Å². The molecule has 0 fully saturated rings. The molecule has 0 aliphatic heterocycles. The third kappa shape index (κ3) is 1.18. The second-order valence-electron chi connectivity index (χ2n) is 2.81. The van der Waals surface area contributed by atoms with Gasteiger partial charge in [0.25, 0.3) is 0 Å². The fourth-order valence-corrected chi connectivity index (χ4v) is 1.31. The zero-order valence-corrected chi connectivity index (χ0v) is 7.44. The maximum atomic E-state index is 5.87. The summed E-state index contributed by atoms with van der Waals surface area (Å²) in [5.41, 5.74) is 7.58. The quantitative estimate of drug-likeness (QED) is 0.716. The Balaban J connectivity index is 2.73. The Morgan fingerprint density at radius 3 is 3.00 bits per heavy atom. The lowest BCUT2D eigenvalue weighted by Crippen LogP contribution is -1.92. The third-order valence-corrected chi connectivity index (χ3v) is 1.92. The monoisotopic (exact) mass is 173 g/mol. The first-order chi connectivity index (χ1) is 6.33. The van der Waals surface area contributed by atoms with Crippen LogP contribution in [0.25, 0.3) is 11.7 Å². The average Bonchev–Trinajstić information content (AvgIpc) is 2.46. The maximum absolute atomic E-state index is 5.87. The molecule has 0 radical (unpaired) electrons. The van der Waals surface area contributed by atoms with Gasteiger partial charge in [0.05, 0.1) is 0 Å². The Kier molecular flexibility index (Phi) is 1.77. The van der Waals surface area contributed by atoms with Gasteiger partial charge in [-0.2, -0.15) is 0 Å². The standard InChI is InChI=1S/C10H11N3/c1-2-5-8-10(11)13-7-4-3-6-9(13)12-8/h2-7H,11H2,1H3/b5-2+. The lowest BCUT2D eigenvalue weighted by atomic mass is 10.4. The minimum absolute atomic E-state index is 0.689.